The smallest absolute Gasteiger partial charge is 0.243 e. The molecule has 0 spiro atoms. The van der Waals surface area contributed by atoms with Crippen molar-refractivity contribution in [2.75, 3.05) is 32.1 Å². The Hall–Kier alpha value is -2.92. The molecule has 4 aromatic rings. The number of benzene rings is 2. The van der Waals surface area contributed by atoms with Gasteiger partial charge >= 0.3 is 0 Å². The van der Waals surface area contributed by atoms with Gasteiger partial charge in [0.05, 0.1) is 34.9 Å². The first-order valence-corrected chi connectivity index (χ1v) is 14.1. The monoisotopic (exact) mass is 524 g/mol. The van der Waals surface area contributed by atoms with E-state index in [-0.39, 0.29) is 16.4 Å². The number of carbonyl (C=O) groups excluding carboxylic acids is 1. The molecule has 188 valence electrons. The van der Waals surface area contributed by atoms with Crippen LogP contribution in [0.1, 0.15) is 21.7 Å². The summed E-state index contributed by atoms with van der Waals surface area (Å²) in [6, 6.07) is 16.7. The van der Waals surface area contributed by atoms with Gasteiger partial charge in [-0.1, -0.05) is 30.0 Å². The summed E-state index contributed by atoms with van der Waals surface area (Å²) in [6.07, 6.45) is 0. The number of Topliss-reactive ketones (excluding diaryl/α,β-unsaturated/α-hetero) is 1. The second-order valence-corrected chi connectivity index (χ2v) is 11.7. The molecular formula is C26H28N4O4S2. The summed E-state index contributed by atoms with van der Waals surface area (Å²) in [6.45, 7) is 5.29. The molecule has 2 aromatic heterocycles. The highest BCUT2D eigenvalue weighted by molar-refractivity contribution is 7.99. The lowest BCUT2D eigenvalue weighted by Crippen LogP contribution is -2.40. The number of rotatable bonds is 7. The normalized spacial score (nSPS) is 15.0. The summed E-state index contributed by atoms with van der Waals surface area (Å²) in [7, 11) is -1.67. The predicted molar refractivity (Wildman–Crippen MR) is 141 cm³/mol. The Morgan fingerprint density at radius 2 is 1.81 bits per heavy atom. The van der Waals surface area contributed by atoms with Crippen LogP contribution in [0.5, 0.6) is 0 Å². The van der Waals surface area contributed by atoms with Gasteiger partial charge in [-0.2, -0.15) is 4.31 Å². The highest BCUT2D eigenvalue weighted by atomic mass is 32.2. The van der Waals surface area contributed by atoms with Crippen LogP contribution in [0.2, 0.25) is 0 Å². The number of nitrogens with zero attached hydrogens (tertiary/aromatic N) is 4. The van der Waals surface area contributed by atoms with Gasteiger partial charge in [0.15, 0.2) is 10.9 Å². The van der Waals surface area contributed by atoms with E-state index >= 15 is 0 Å². The molecule has 1 aliphatic rings. The van der Waals surface area contributed by atoms with Crippen molar-refractivity contribution in [1.29, 1.82) is 0 Å². The molecule has 0 aliphatic carbocycles. The molecule has 0 atom stereocenters. The minimum absolute atomic E-state index is 0.00324. The molecule has 0 unspecified atom stereocenters. The van der Waals surface area contributed by atoms with Gasteiger partial charge in [0.2, 0.25) is 10.0 Å². The van der Waals surface area contributed by atoms with Crippen molar-refractivity contribution in [2.24, 2.45) is 7.05 Å². The Labute approximate surface area is 214 Å². The molecule has 10 heteroatoms. The molecule has 5 rings (SSSR count). The second kappa shape index (κ2) is 9.85. The third-order valence-electron chi connectivity index (χ3n) is 6.49. The minimum atomic E-state index is -3.62. The van der Waals surface area contributed by atoms with Crippen LogP contribution < -0.4 is 0 Å². The number of para-hydroxylation sites is 2. The average Bonchev–Trinajstić information content (AvgIpc) is 3.38. The molecule has 1 aliphatic heterocycles. The van der Waals surface area contributed by atoms with E-state index in [4.69, 9.17) is 4.74 Å². The summed E-state index contributed by atoms with van der Waals surface area (Å²) >= 11 is 1.41. The van der Waals surface area contributed by atoms with E-state index in [9.17, 15) is 13.2 Å². The van der Waals surface area contributed by atoms with Crippen molar-refractivity contribution in [1.82, 2.24) is 18.4 Å². The standard InChI is InChI=1S/C26H28N4O4S2/c1-18-15-22(25(31)17-35-26-27-23-9-4-5-10-24(23)28(26)3)19(2)30(18)20-7-6-8-21(16-20)36(32,33)29-11-13-34-14-12-29/h4-10,15-16H,11-14,17H2,1-3H3. The number of fused-ring (bicyclic) bond motifs is 1. The third kappa shape index (κ3) is 4.50. The van der Waals surface area contributed by atoms with Gasteiger partial charge in [-0.05, 0) is 50.2 Å². The Kier molecular flexibility index (Phi) is 6.78. The number of ketones is 1. The first-order valence-electron chi connectivity index (χ1n) is 11.7. The van der Waals surface area contributed by atoms with Gasteiger partial charge in [0, 0.05) is 42.8 Å². The molecule has 1 fully saturated rings. The molecule has 8 nitrogen and oxygen atoms in total. The Balaban J connectivity index is 1.39. The van der Waals surface area contributed by atoms with Crippen LogP contribution in [0, 0.1) is 13.8 Å². The number of imidazole rings is 1. The zero-order valence-electron chi connectivity index (χ0n) is 20.5. The van der Waals surface area contributed by atoms with E-state index in [1.54, 1.807) is 18.2 Å². The van der Waals surface area contributed by atoms with Crippen LogP contribution in [-0.4, -0.2) is 64.7 Å². The van der Waals surface area contributed by atoms with Gasteiger partial charge < -0.3 is 13.9 Å². The Morgan fingerprint density at radius 3 is 2.56 bits per heavy atom. The van der Waals surface area contributed by atoms with E-state index in [1.807, 2.05) is 66.4 Å². The Bertz CT molecular complexity index is 1550. The maximum atomic E-state index is 13.2. The van der Waals surface area contributed by atoms with Crippen molar-refractivity contribution in [2.45, 2.75) is 23.9 Å². The van der Waals surface area contributed by atoms with Gasteiger partial charge in [0.1, 0.15) is 0 Å². The van der Waals surface area contributed by atoms with Gasteiger partial charge in [-0.15, -0.1) is 0 Å². The number of sulfonamides is 1. The molecule has 3 heterocycles. The second-order valence-electron chi connectivity index (χ2n) is 8.79. The summed E-state index contributed by atoms with van der Waals surface area (Å²) in [4.78, 5) is 18.1. The van der Waals surface area contributed by atoms with Crippen molar-refractivity contribution in [3.63, 3.8) is 0 Å². The average molecular weight is 525 g/mol. The number of morpholine rings is 1. The summed E-state index contributed by atoms with van der Waals surface area (Å²) in [5.74, 6) is 0.260. The van der Waals surface area contributed by atoms with Gasteiger partial charge in [0.25, 0.3) is 0 Å². The van der Waals surface area contributed by atoms with Crippen LogP contribution in [0.4, 0.5) is 0 Å². The van der Waals surface area contributed by atoms with Crippen LogP contribution in [0.25, 0.3) is 16.7 Å². The number of aromatic nitrogens is 3. The molecule has 0 amide bonds. The highest BCUT2D eigenvalue weighted by Gasteiger charge is 2.27. The predicted octanol–water partition coefficient (Wildman–Crippen LogP) is 3.98. The molecular weight excluding hydrogens is 496 g/mol. The molecule has 2 aromatic carbocycles. The highest BCUT2D eigenvalue weighted by Crippen LogP contribution is 2.27. The lowest BCUT2D eigenvalue weighted by Gasteiger charge is -2.26. The largest absolute Gasteiger partial charge is 0.379 e. The number of thioether (sulfide) groups is 1. The summed E-state index contributed by atoms with van der Waals surface area (Å²) in [5, 5.41) is 0.791. The molecule has 36 heavy (non-hydrogen) atoms. The Morgan fingerprint density at radius 1 is 1.06 bits per heavy atom. The van der Waals surface area contributed by atoms with E-state index in [0.29, 0.717) is 37.6 Å². The zero-order valence-corrected chi connectivity index (χ0v) is 22.1. The minimum Gasteiger partial charge on any atom is -0.379 e. The molecule has 0 bridgehead atoms. The summed E-state index contributed by atoms with van der Waals surface area (Å²) < 4.78 is 37.0. The van der Waals surface area contributed by atoms with E-state index in [1.165, 1.54) is 16.1 Å². The van der Waals surface area contributed by atoms with Crippen LogP contribution in [-0.2, 0) is 21.8 Å². The number of hydrogen-bond acceptors (Lipinski definition) is 6. The SMILES string of the molecule is Cc1cc(C(=O)CSc2nc3ccccc3n2C)c(C)n1-c1cccc(S(=O)(=O)N2CCOCC2)c1. The maximum absolute atomic E-state index is 13.2. The third-order valence-corrected chi connectivity index (χ3v) is 9.42. The molecule has 1 saturated heterocycles. The first-order chi connectivity index (χ1) is 17.3. The number of aryl methyl sites for hydroxylation is 2. The van der Waals surface area contributed by atoms with Crippen molar-refractivity contribution >= 4 is 38.6 Å². The van der Waals surface area contributed by atoms with Crippen LogP contribution >= 0.6 is 11.8 Å². The van der Waals surface area contributed by atoms with Gasteiger partial charge in [-0.3, -0.25) is 4.79 Å². The lowest BCUT2D eigenvalue weighted by molar-refractivity contribution is 0.0730. The summed E-state index contributed by atoms with van der Waals surface area (Å²) in [5.41, 5.74) is 4.91. The van der Waals surface area contributed by atoms with Crippen LogP contribution in [0.15, 0.2) is 64.6 Å². The quantitative estimate of drug-likeness (QED) is 0.269. The van der Waals surface area contributed by atoms with Crippen molar-refractivity contribution in [3.8, 4) is 5.69 Å². The molecule has 0 N–H and O–H groups in total. The van der Waals surface area contributed by atoms with Crippen molar-refractivity contribution < 1.29 is 17.9 Å². The topological polar surface area (TPSA) is 86.4 Å². The first kappa shape index (κ1) is 24.8. The van der Waals surface area contributed by atoms with E-state index in [2.05, 4.69) is 4.98 Å². The lowest BCUT2D eigenvalue weighted by atomic mass is 10.2. The van der Waals surface area contributed by atoms with Crippen LogP contribution in [0.3, 0.4) is 0 Å². The van der Waals surface area contributed by atoms with Crippen molar-refractivity contribution in [3.05, 3.63) is 71.5 Å². The number of ether oxygens (including phenoxy) is 1. The molecule has 0 saturated carbocycles. The fraction of sp³-hybridized carbons (Fsp3) is 0.308. The fourth-order valence-corrected chi connectivity index (χ4v) is 6.94. The maximum Gasteiger partial charge on any atom is 0.243 e. The van der Waals surface area contributed by atoms with E-state index < -0.39 is 10.0 Å². The molecule has 0 radical (unpaired) electrons. The fourth-order valence-electron chi connectivity index (χ4n) is 4.62. The van der Waals surface area contributed by atoms with Gasteiger partial charge in [-0.25, -0.2) is 13.4 Å². The van der Waals surface area contributed by atoms with E-state index in [0.717, 1.165) is 27.6 Å². The number of hydrogen-bond donors (Lipinski definition) is 0. The number of carbonyl (C=O) groups is 1. The zero-order chi connectivity index (χ0) is 25.4.